The van der Waals surface area contributed by atoms with Crippen LogP contribution in [0.2, 0.25) is 0 Å². The van der Waals surface area contributed by atoms with Gasteiger partial charge >= 0.3 is 0 Å². The zero-order valence-corrected chi connectivity index (χ0v) is 23.7. The number of carbonyl (C=O) groups excluding carboxylic acids is 1. The molecule has 11 heteroatoms. The van der Waals surface area contributed by atoms with Crippen LogP contribution in [0.3, 0.4) is 0 Å². The van der Waals surface area contributed by atoms with Gasteiger partial charge in [0.25, 0.3) is 11.5 Å². The molecule has 3 heterocycles. The molecule has 1 amide bonds. The second-order valence-corrected chi connectivity index (χ2v) is 10.3. The highest BCUT2D eigenvalue weighted by Crippen LogP contribution is 2.20. The van der Waals surface area contributed by atoms with Gasteiger partial charge in [0.05, 0.1) is 36.4 Å². The molecular weight excluding hydrogens is 554 g/mol. The van der Waals surface area contributed by atoms with Crippen molar-refractivity contribution in [3.05, 3.63) is 99.6 Å². The smallest absolute Gasteiger partial charge is 0.264 e. The molecular formula is C32H32F2N6O3. The Morgan fingerprint density at radius 3 is 2.67 bits per heavy atom. The number of halogens is 2. The van der Waals surface area contributed by atoms with E-state index in [4.69, 9.17) is 4.98 Å². The topological polar surface area (TPSA) is 112 Å². The molecule has 1 aliphatic heterocycles. The van der Waals surface area contributed by atoms with Crippen LogP contribution in [0.25, 0.3) is 11.0 Å². The van der Waals surface area contributed by atoms with E-state index in [1.54, 1.807) is 6.20 Å². The van der Waals surface area contributed by atoms with Gasteiger partial charge in [0.1, 0.15) is 11.4 Å². The quantitative estimate of drug-likeness (QED) is 0.272. The number of nitrogens with one attached hydrogen (secondary N) is 2. The molecule has 0 aliphatic carbocycles. The Bertz CT molecular complexity index is 1740. The molecule has 0 saturated carbocycles. The van der Waals surface area contributed by atoms with Crippen LogP contribution in [0.4, 0.5) is 14.6 Å². The molecule has 2 aromatic carbocycles. The van der Waals surface area contributed by atoms with Crippen molar-refractivity contribution in [3.63, 3.8) is 0 Å². The maximum Gasteiger partial charge on any atom is 0.264 e. The van der Waals surface area contributed by atoms with Gasteiger partial charge in [-0.3, -0.25) is 14.6 Å². The lowest BCUT2D eigenvalue weighted by atomic mass is 10.1. The summed E-state index contributed by atoms with van der Waals surface area (Å²) in [5.74, 6) is 3.81. The van der Waals surface area contributed by atoms with Gasteiger partial charge in [0, 0.05) is 30.9 Å². The molecule has 43 heavy (non-hydrogen) atoms. The van der Waals surface area contributed by atoms with E-state index in [9.17, 15) is 23.5 Å². The lowest BCUT2D eigenvalue weighted by Gasteiger charge is -2.31. The summed E-state index contributed by atoms with van der Waals surface area (Å²) < 4.78 is 28.3. The van der Waals surface area contributed by atoms with Crippen LogP contribution in [-0.4, -0.2) is 69.3 Å². The molecule has 0 spiro atoms. The summed E-state index contributed by atoms with van der Waals surface area (Å²) in [5, 5.41) is 16.0. The number of hydrogen-bond donors (Lipinski definition) is 3. The summed E-state index contributed by atoms with van der Waals surface area (Å²) in [4.78, 5) is 37.5. The summed E-state index contributed by atoms with van der Waals surface area (Å²) in [6, 6.07) is 10.8. The zero-order valence-electron chi connectivity index (χ0n) is 23.7. The monoisotopic (exact) mass is 586 g/mol. The van der Waals surface area contributed by atoms with E-state index < -0.39 is 35.7 Å². The Labute approximate surface area is 247 Å². The average Bonchev–Trinajstić information content (AvgIpc) is 3.02. The van der Waals surface area contributed by atoms with Gasteiger partial charge < -0.3 is 25.2 Å². The number of nitrogens with zero attached hydrogens (tertiary/aromatic N) is 4. The van der Waals surface area contributed by atoms with Crippen LogP contribution in [0.5, 0.6) is 0 Å². The van der Waals surface area contributed by atoms with Gasteiger partial charge in [0.2, 0.25) is 0 Å². The van der Waals surface area contributed by atoms with Crippen molar-refractivity contribution < 1.29 is 18.7 Å². The third-order valence-corrected chi connectivity index (χ3v) is 7.56. The number of likely N-dealkylation sites (tertiary alicyclic amines) is 1. The van der Waals surface area contributed by atoms with Crippen LogP contribution >= 0.6 is 0 Å². The largest absolute Gasteiger partial charge is 0.394 e. The average molecular weight is 587 g/mol. The molecule has 9 nitrogen and oxygen atoms in total. The number of aliphatic hydroxyl groups excluding tert-OH is 1. The number of benzene rings is 2. The van der Waals surface area contributed by atoms with Crippen molar-refractivity contribution in [1.82, 2.24) is 24.8 Å². The van der Waals surface area contributed by atoms with Gasteiger partial charge in [-0.25, -0.2) is 13.8 Å². The third kappa shape index (κ3) is 7.05. The molecule has 5 rings (SSSR count). The van der Waals surface area contributed by atoms with E-state index >= 15 is 0 Å². The molecule has 3 N–H and O–H groups in total. The maximum absolute atomic E-state index is 13.8. The Morgan fingerprint density at radius 1 is 1.12 bits per heavy atom. The van der Waals surface area contributed by atoms with E-state index in [0.717, 1.165) is 60.5 Å². The number of fused-ring (bicyclic) bond motifs is 1. The molecule has 222 valence electrons. The van der Waals surface area contributed by atoms with E-state index in [0.29, 0.717) is 17.1 Å². The van der Waals surface area contributed by atoms with Crippen molar-refractivity contribution in [3.8, 4) is 11.8 Å². The number of aromatic nitrogens is 3. The summed E-state index contributed by atoms with van der Waals surface area (Å²) >= 11 is 0. The first-order chi connectivity index (χ1) is 20.9. The fourth-order valence-corrected chi connectivity index (χ4v) is 5.13. The Kier molecular flexibility index (Phi) is 9.39. The Balaban J connectivity index is 1.23. The van der Waals surface area contributed by atoms with Gasteiger partial charge in [-0.05, 0) is 67.4 Å². The summed E-state index contributed by atoms with van der Waals surface area (Å²) in [6.07, 6.45) is 5.23. The first-order valence-electron chi connectivity index (χ1n) is 14.2. The van der Waals surface area contributed by atoms with Gasteiger partial charge in [-0.15, -0.1) is 0 Å². The third-order valence-electron chi connectivity index (χ3n) is 7.56. The molecule has 0 bridgehead atoms. The number of rotatable bonds is 8. The maximum atomic E-state index is 13.8. The van der Waals surface area contributed by atoms with Crippen LogP contribution < -0.4 is 16.2 Å². The fraction of sp³-hybridized carbons (Fsp3) is 0.312. The SMILES string of the molecule is CCN1CCC(Nc2cnc3ccc(C#CCNC(=O)c4cccn([C@@H](CO)c5ccc(F)c(F)c5)c4=O)cc3n2)CC1. The fourth-order valence-electron chi connectivity index (χ4n) is 5.13. The number of hydrogen-bond acceptors (Lipinski definition) is 7. The summed E-state index contributed by atoms with van der Waals surface area (Å²) in [5.41, 5.74) is 1.47. The lowest BCUT2D eigenvalue weighted by molar-refractivity contribution is 0.0956. The molecule has 2 aromatic heterocycles. The van der Waals surface area contributed by atoms with Crippen LogP contribution in [0, 0.1) is 23.5 Å². The van der Waals surface area contributed by atoms with Crippen molar-refractivity contribution in [2.75, 3.05) is 38.1 Å². The minimum absolute atomic E-state index is 0.0263. The molecule has 4 aromatic rings. The number of anilines is 1. The highest BCUT2D eigenvalue weighted by Gasteiger charge is 2.20. The standard InChI is InChI=1S/C32H32F2N6O3/c1-2-39-15-11-23(12-16-39)37-30-19-36-27-10-7-21(17-28(27)38-30)5-3-13-35-31(42)24-6-4-14-40(32(24)43)29(20-41)22-8-9-25(33)26(34)18-22/h4,6-10,14,17-19,23,29,41H,2,11-13,15-16,20H2,1H3,(H,35,42)(H,37,38)/t29-/m0/s1. The number of amides is 1. The highest BCUT2D eigenvalue weighted by atomic mass is 19.2. The van der Waals surface area contributed by atoms with E-state index in [-0.39, 0.29) is 17.7 Å². The predicted molar refractivity (Wildman–Crippen MR) is 160 cm³/mol. The Hall–Kier alpha value is -4.66. The van der Waals surface area contributed by atoms with E-state index in [1.165, 1.54) is 24.4 Å². The number of carbonyl (C=O) groups is 1. The number of pyridine rings is 1. The molecule has 0 unspecified atom stereocenters. The molecule has 1 fully saturated rings. The van der Waals surface area contributed by atoms with Crippen molar-refractivity contribution in [1.29, 1.82) is 0 Å². The van der Waals surface area contributed by atoms with Crippen molar-refractivity contribution >= 4 is 22.8 Å². The molecule has 1 aliphatic rings. The van der Waals surface area contributed by atoms with Gasteiger partial charge in [-0.1, -0.05) is 24.8 Å². The minimum Gasteiger partial charge on any atom is -0.394 e. The summed E-state index contributed by atoms with van der Waals surface area (Å²) in [7, 11) is 0. The Morgan fingerprint density at radius 2 is 1.93 bits per heavy atom. The van der Waals surface area contributed by atoms with Crippen molar-refractivity contribution in [2.45, 2.75) is 31.8 Å². The van der Waals surface area contributed by atoms with Crippen molar-refractivity contribution in [2.24, 2.45) is 0 Å². The van der Waals surface area contributed by atoms with E-state index in [2.05, 4.69) is 39.3 Å². The number of piperidine rings is 1. The predicted octanol–water partition coefficient (Wildman–Crippen LogP) is 3.33. The minimum atomic E-state index is -1.10. The highest BCUT2D eigenvalue weighted by molar-refractivity contribution is 5.94. The normalized spacial score (nSPS) is 14.6. The second kappa shape index (κ2) is 13.5. The molecule has 1 saturated heterocycles. The second-order valence-electron chi connectivity index (χ2n) is 10.3. The molecule has 1 atom stereocenters. The zero-order chi connectivity index (χ0) is 30.3. The van der Waals surface area contributed by atoms with Crippen LogP contribution in [-0.2, 0) is 0 Å². The van der Waals surface area contributed by atoms with Gasteiger partial charge in [-0.2, -0.15) is 0 Å². The molecule has 0 radical (unpaired) electrons. The summed E-state index contributed by atoms with van der Waals surface area (Å²) in [6.45, 7) is 4.78. The lowest BCUT2D eigenvalue weighted by Crippen LogP contribution is -2.39. The van der Waals surface area contributed by atoms with Gasteiger partial charge in [0.15, 0.2) is 11.6 Å². The van der Waals surface area contributed by atoms with Crippen LogP contribution in [0.1, 0.15) is 47.3 Å². The first kappa shape index (κ1) is 29.8. The van der Waals surface area contributed by atoms with E-state index in [1.807, 2.05) is 18.2 Å². The van der Waals surface area contributed by atoms with Crippen LogP contribution in [0.15, 0.2) is 65.7 Å². The number of aliphatic hydroxyl groups is 1. The first-order valence-corrected chi connectivity index (χ1v) is 14.2.